The Labute approximate surface area is 86.0 Å². The molecule has 2 nitrogen and oxygen atoms in total. The number of aliphatic hydroxyl groups excluding tert-OH is 1. The van der Waals surface area contributed by atoms with Gasteiger partial charge in [0, 0.05) is 12.6 Å². The van der Waals surface area contributed by atoms with Gasteiger partial charge in [-0.1, -0.05) is 36.8 Å². The van der Waals surface area contributed by atoms with Crippen molar-refractivity contribution in [3.05, 3.63) is 35.4 Å². The van der Waals surface area contributed by atoms with Crippen LogP contribution >= 0.6 is 0 Å². The van der Waals surface area contributed by atoms with Gasteiger partial charge in [0.05, 0.1) is 6.61 Å². The highest BCUT2D eigenvalue weighted by molar-refractivity contribution is 5.21. The van der Waals surface area contributed by atoms with E-state index < -0.39 is 0 Å². The maximum atomic E-state index is 8.99. The number of nitrogens with one attached hydrogen (secondary N) is 1. The predicted molar refractivity (Wildman–Crippen MR) is 59.2 cm³/mol. The van der Waals surface area contributed by atoms with Crippen molar-refractivity contribution in [3.63, 3.8) is 0 Å². The molecule has 0 aliphatic heterocycles. The molecular formula is C12H19NO. The first kappa shape index (κ1) is 11.2. The molecule has 1 aromatic rings. The lowest BCUT2D eigenvalue weighted by molar-refractivity contribution is 0.238. The fraction of sp³-hybridized carbons (Fsp3) is 0.500. The largest absolute Gasteiger partial charge is 0.395 e. The second-order valence-corrected chi connectivity index (χ2v) is 3.65. The van der Waals surface area contributed by atoms with Crippen molar-refractivity contribution >= 4 is 0 Å². The van der Waals surface area contributed by atoms with Crippen LogP contribution in [0.5, 0.6) is 0 Å². The van der Waals surface area contributed by atoms with Gasteiger partial charge in [-0.25, -0.2) is 0 Å². The lowest BCUT2D eigenvalue weighted by atomic mass is 10.1. The van der Waals surface area contributed by atoms with Gasteiger partial charge in [0.2, 0.25) is 0 Å². The van der Waals surface area contributed by atoms with Crippen LogP contribution < -0.4 is 5.32 Å². The van der Waals surface area contributed by atoms with Gasteiger partial charge in [0.1, 0.15) is 0 Å². The normalized spacial score (nSPS) is 12.8. The van der Waals surface area contributed by atoms with Crippen molar-refractivity contribution in [2.45, 2.75) is 32.9 Å². The van der Waals surface area contributed by atoms with Crippen LogP contribution in [0.2, 0.25) is 0 Å². The summed E-state index contributed by atoms with van der Waals surface area (Å²) in [5.41, 5.74) is 2.55. The fourth-order valence-corrected chi connectivity index (χ4v) is 1.31. The minimum Gasteiger partial charge on any atom is -0.395 e. The van der Waals surface area contributed by atoms with Crippen LogP contribution in [0.3, 0.4) is 0 Å². The van der Waals surface area contributed by atoms with Gasteiger partial charge < -0.3 is 10.4 Å². The first-order valence-corrected chi connectivity index (χ1v) is 5.16. The van der Waals surface area contributed by atoms with E-state index in [0.717, 1.165) is 13.0 Å². The Hall–Kier alpha value is -0.860. The third kappa shape index (κ3) is 3.48. The van der Waals surface area contributed by atoms with Crippen molar-refractivity contribution < 1.29 is 5.11 Å². The monoisotopic (exact) mass is 193 g/mol. The zero-order valence-electron chi connectivity index (χ0n) is 8.96. The maximum absolute atomic E-state index is 8.99. The smallest absolute Gasteiger partial charge is 0.0584 e. The minimum atomic E-state index is 0.211. The average Bonchev–Trinajstić information content (AvgIpc) is 2.22. The van der Waals surface area contributed by atoms with Crippen LogP contribution in [-0.4, -0.2) is 17.8 Å². The average molecular weight is 193 g/mol. The molecule has 2 N–H and O–H groups in total. The van der Waals surface area contributed by atoms with Gasteiger partial charge >= 0.3 is 0 Å². The quantitative estimate of drug-likeness (QED) is 0.748. The second kappa shape index (κ2) is 5.78. The van der Waals surface area contributed by atoms with E-state index in [9.17, 15) is 0 Å². The van der Waals surface area contributed by atoms with Crippen LogP contribution in [-0.2, 0) is 6.54 Å². The Bertz CT molecular complexity index is 252. The number of hydrogen-bond donors (Lipinski definition) is 2. The van der Waals surface area contributed by atoms with E-state index in [2.05, 4.69) is 43.4 Å². The van der Waals surface area contributed by atoms with E-state index in [1.54, 1.807) is 0 Å². The Balaban J connectivity index is 2.41. The number of benzene rings is 1. The van der Waals surface area contributed by atoms with Crippen LogP contribution in [0.1, 0.15) is 24.5 Å². The highest BCUT2D eigenvalue weighted by atomic mass is 16.3. The van der Waals surface area contributed by atoms with E-state index in [4.69, 9.17) is 5.11 Å². The molecule has 0 unspecified atom stereocenters. The molecule has 0 aliphatic carbocycles. The first-order chi connectivity index (χ1) is 6.76. The molecule has 0 heterocycles. The number of aryl methyl sites for hydroxylation is 1. The van der Waals surface area contributed by atoms with E-state index in [1.807, 2.05) is 0 Å². The Morgan fingerprint density at radius 1 is 1.29 bits per heavy atom. The summed E-state index contributed by atoms with van der Waals surface area (Å²) < 4.78 is 0. The summed E-state index contributed by atoms with van der Waals surface area (Å²) in [5.74, 6) is 0. The van der Waals surface area contributed by atoms with Gasteiger partial charge in [-0.05, 0) is 18.9 Å². The first-order valence-electron chi connectivity index (χ1n) is 5.16. The fourth-order valence-electron chi connectivity index (χ4n) is 1.31. The molecule has 1 atom stereocenters. The lowest BCUT2D eigenvalue weighted by Gasteiger charge is -2.13. The number of hydrogen-bond acceptors (Lipinski definition) is 2. The second-order valence-electron chi connectivity index (χ2n) is 3.65. The Morgan fingerprint density at radius 3 is 2.43 bits per heavy atom. The van der Waals surface area contributed by atoms with E-state index >= 15 is 0 Å². The van der Waals surface area contributed by atoms with Gasteiger partial charge in [-0.15, -0.1) is 0 Å². The summed E-state index contributed by atoms with van der Waals surface area (Å²) in [7, 11) is 0. The molecule has 1 aromatic carbocycles. The summed E-state index contributed by atoms with van der Waals surface area (Å²) >= 11 is 0. The third-order valence-electron chi connectivity index (χ3n) is 2.43. The van der Waals surface area contributed by atoms with Crippen LogP contribution in [0, 0.1) is 6.92 Å². The molecule has 1 rings (SSSR count). The topological polar surface area (TPSA) is 32.3 Å². The van der Waals surface area contributed by atoms with Gasteiger partial charge in [0.25, 0.3) is 0 Å². The molecule has 0 saturated heterocycles. The SMILES string of the molecule is CC[C@H](CO)NCc1ccc(C)cc1. The van der Waals surface area contributed by atoms with Crippen molar-refractivity contribution in [2.75, 3.05) is 6.61 Å². The molecule has 14 heavy (non-hydrogen) atoms. The van der Waals surface area contributed by atoms with Crippen molar-refractivity contribution in [1.82, 2.24) is 5.32 Å². The molecule has 78 valence electrons. The molecule has 0 spiro atoms. The lowest BCUT2D eigenvalue weighted by Crippen LogP contribution is -2.31. The third-order valence-corrected chi connectivity index (χ3v) is 2.43. The van der Waals surface area contributed by atoms with Crippen molar-refractivity contribution in [3.8, 4) is 0 Å². The molecule has 2 heteroatoms. The molecule has 0 radical (unpaired) electrons. The minimum absolute atomic E-state index is 0.211. The summed E-state index contributed by atoms with van der Waals surface area (Å²) in [6, 6.07) is 8.67. The molecule has 0 amide bonds. The maximum Gasteiger partial charge on any atom is 0.0584 e. The molecule has 0 bridgehead atoms. The van der Waals surface area contributed by atoms with Crippen molar-refractivity contribution in [1.29, 1.82) is 0 Å². The highest BCUT2D eigenvalue weighted by Crippen LogP contribution is 2.03. The zero-order valence-corrected chi connectivity index (χ0v) is 8.96. The molecule has 0 saturated carbocycles. The van der Waals surface area contributed by atoms with Gasteiger partial charge in [-0.3, -0.25) is 0 Å². The summed E-state index contributed by atoms with van der Waals surface area (Å²) in [4.78, 5) is 0. The van der Waals surface area contributed by atoms with Crippen LogP contribution in [0.4, 0.5) is 0 Å². The van der Waals surface area contributed by atoms with Gasteiger partial charge in [-0.2, -0.15) is 0 Å². The van der Waals surface area contributed by atoms with Crippen LogP contribution in [0.15, 0.2) is 24.3 Å². The summed E-state index contributed by atoms with van der Waals surface area (Å²) in [6.07, 6.45) is 0.961. The number of rotatable bonds is 5. The molecule has 0 aliphatic rings. The number of aliphatic hydroxyl groups is 1. The van der Waals surface area contributed by atoms with E-state index in [1.165, 1.54) is 11.1 Å². The Morgan fingerprint density at radius 2 is 1.93 bits per heavy atom. The van der Waals surface area contributed by atoms with Gasteiger partial charge in [0.15, 0.2) is 0 Å². The summed E-state index contributed by atoms with van der Waals surface area (Å²) in [6.45, 7) is 5.20. The standard InChI is InChI=1S/C12H19NO/c1-3-12(9-14)13-8-11-6-4-10(2)5-7-11/h4-7,12-14H,3,8-9H2,1-2H3/t12-/m1/s1. The molecule has 0 aromatic heterocycles. The molecule has 0 fully saturated rings. The van der Waals surface area contributed by atoms with Crippen molar-refractivity contribution in [2.24, 2.45) is 0 Å². The zero-order chi connectivity index (χ0) is 10.4. The predicted octanol–water partition coefficient (Wildman–Crippen LogP) is 1.86. The van der Waals surface area contributed by atoms with E-state index in [-0.39, 0.29) is 12.6 Å². The van der Waals surface area contributed by atoms with Crippen LogP contribution in [0.25, 0.3) is 0 Å². The highest BCUT2D eigenvalue weighted by Gasteiger charge is 2.02. The van der Waals surface area contributed by atoms with E-state index in [0.29, 0.717) is 0 Å². The molecular weight excluding hydrogens is 174 g/mol. The summed E-state index contributed by atoms with van der Waals surface area (Å²) in [5, 5.41) is 12.3. The Kier molecular flexibility index (Phi) is 4.63.